The molecule has 0 saturated heterocycles. The van der Waals surface area contributed by atoms with Gasteiger partial charge >= 0.3 is 0 Å². The molecule has 0 aliphatic heterocycles. The highest BCUT2D eigenvalue weighted by Gasteiger charge is 2.00. The molecule has 0 aliphatic rings. The molecule has 0 radical (unpaired) electrons. The number of pyridine rings is 1. The number of aromatic nitrogens is 1. The van der Waals surface area contributed by atoms with E-state index in [4.69, 9.17) is 5.73 Å². The van der Waals surface area contributed by atoms with E-state index in [1.807, 2.05) is 48.6 Å². The van der Waals surface area contributed by atoms with Crippen molar-refractivity contribution < 1.29 is 0 Å². The van der Waals surface area contributed by atoms with Gasteiger partial charge in [0.25, 0.3) is 0 Å². The molecule has 19 heavy (non-hydrogen) atoms. The van der Waals surface area contributed by atoms with Crippen LogP contribution in [0.1, 0.15) is 5.56 Å². The molecule has 0 bridgehead atoms. The zero-order chi connectivity index (χ0) is 13.5. The molecule has 0 fully saturated rings. The third-order valence-electron chi connectivity index (χ3n) is 2.71. The minimum atomic E-state index is 0.941. The third-order valence-corrected chi connectivity index (χ3v) is 2.71. The first kappa shape index (κ1) is 12.8. The fraction of sp³-hybridized carbons (Fsp3) is 0. The lowest BCUT2D eigenvalue weighted by molar-refractivity contribution is 1.32. The Hall–Kier alpha value is -2.61. The van der Waals surface area contributed by atoms with Gasteiger partial charge in [-0.25, -0.2) is 0 Å². The Labute approximate surface area is 113 Å². The van der Waals surface area contributed by atoms with Crippen LogP contribution in [0.5, 0.6) is 0 Å². The Kier molecular flexibility index (Phi) is 4.29. The minimum absolute atomic E-state index is 0.941. The maximum absolute atomic E-state index is 5.28. The smallest absolute Gasteiger partial charge is 0.0702 e. The van der Waals surface area contributed by atoms with Crippen molar-refractivity contribution in [3.8, 4) is 11.3 Å². The predicted molar refractivity (Wildman–Crippen MR) is 81.2 cm³/mol. The average Bonchev–Trinajstić information content (AvgIpc) is 2.48. The largest absolute Gasteiger partial charge is 0.405 e. The van der Waals surface area contributed by atoms with Gasteiger partial charge in [-0.1, -0.05) is 43.0 Å². The molecule has 1 aromatic heterocycles. The van der Waals surface area contributed by atoms with Gasteiger partial charge in [-0.15, -0.1) is 0 Å². The second-order valence-corrected chi connectivity index (χ2v) is 4.07. The number of allylic oxidation sites excluding steroid dienone is 4. The molecule has 1 aromatic carbocycles. The summed E-state index contributed by atoms with van der Waals surface area (Å²) in [6, 6.07) is 14.1. The van der Waals surface area contributed by atoms with Crippen molar-refractivity contribution in [2.24, 2.45) is 5.73 Å². The lowest BCUT2D eigenvalue weighted by Crippen LogP contribution is -1.85. The molecule has 2 aromatic rings. The van der Waals surface area contributed by atoms with Gasteiger partial charge in [-0.2, -0.15) is 0 Å². The van der Waals surface area contributed by atoms with Crippen LogP contribution in [0.3, 0.4) is 0 Å². The molecule has 2 rings (SSSR count). The lowest BCUT2D eigenvalue weighted by atomic mass is 10.0. The summed E-state index contributed by atoms with van der Waals surface area (Å²) in [5.41, 5.74) is 9.34. The molecule has 94 valence electrons. The first-order valence-corrected chi connectivity index (χ1v) is 6.07. The first-order chi connectivity index (χ1) is 9.31. The van der Waals surface area contributed by atoms with Crippen molar-refractivity contribution >= 4 is 5.57 Å². The van der Waals surface area contributed by atoms with E-state index >= 15 is 0 Å². The highest BCUT2D eigenvalue weighted by atomic mass is 14.7. The van der Waals surface area contributed by atoms with E-state index in [9.17, 15) is 0 Å². The zero-order valence-corrected chi connectivity index (χ0v) is 10.7. The molecular weight excluding hydrogens is 232 g/mol. The van der Waals surface area contributed by atoms with Crippen LogP contribution in [0.15, 0.2) is 79.7 Å². The molecule has 1 heterocycles. The van der Waals surface area contributed by atoms with Crippen molar-refractivity contribution in [2.45, 2.75) is 0 Å². The Morgan fingerprint density at radius 3 is 2.74 bits per heavy atom. The summed E-state index contributed by atoms with van der Waals surface area (Å²) in [7, 11) is 0. The van der Waals surface area contributed by atoms with E-state index in [2.05, 4.69) is 17.6 Å². The standard InChI is InChI=1S/C17H16N2/c1-14(7-2-4-11-18)15-8-6-9-16(13-15)17-10-3-5-12-19-17/h2-13H,1,18H2/b7-2-,11-4-. The van der Waals surface area contributed by atoms with E-state index in [1.165, 1.54) is 6.20 Å². The average molecular weight is 248 g/mol. The van der Waals surface area contributed by atoms with Crippen molar-refractivity contribution in [2.75, 3.05) is 0 Å². The maximum atomic E-state index is 5.28. The molecular formula is C17H16N2. The molecule has 2 nitrogen and oxygen atoms in total. The summed E-state index contributed by atoms with van der Waals surface area (Å²) in [6.45, 7) is 4.05. The number of nitrogens with two attached hydrogens (primary N) is 1. The molecule has 0 saturated carbocycles. The summed E-state index contributed by atoms with van der Waals surface area (Å²) in [6.07, 6.45) is 8.86. The third kappa shape index (κ3) is 3.42. The summed E-state index contributed by atoms with van der Waals surface area (Å²) in [5, 5.41) is 0. The highest BCUT2D eigenvalue weighted by molar-refractivity contribution is 5.75. The molecule has 0 amide bonds. The van der Waals surface area contributed by atoms with Crippen molar-refractivity contribution in [1.29, 1.82) is 0 Å². The van der Waals surface area contributed by atoms with Crippen molar-refractivity contribution in [3.63, 3.8) is 0 Å². The van der Waals surface area contributed by atoms with E-state index in [1.54, 1.807) is 12.3 Å². The minimum Gasteiger partial charge on any atom is -0.405 e. The van der Waals surface area contributed by atoms with Gasteiger partial charge in [0.15, 0.2) is 0 Å². The van der Waals surface area contributed by atoms with Gasteiger partial charge in [0, 0.05) is 11.8 Å². The Balaban J connectivity index is 2.27. The fourth-order valence-electron chi connectivity index (χ4n) is 1.74. The molecule has 0 spiro atoms. The number of nitrogens with zero attached hydrogens (tertiary/aromatic N) is 1. The summed E-state index contributed by atoms with van der Waals surface area (Å²) >= 11 is 0. The number of rotatable bonds is 4. The molecule has 2 N–H and O–H groups in total. The van der Waals surface area contributed by atoms with Crippen LogP contribution in [0.25, 0.3) is 16.8 Å². The fourth-order valence-corrected chi connectivity index (χ4v) is 1.74. The van der Waals surface area contributed by atoms with Gasteiger partial charge in [0.2, 0.25) is 0 Å². The SMILES string of the molecule is C=C(/C=C\C=C/N)c1cccc(-c2ccccn2)c1. The number of benzene rings is 1. The Morgan fingerprint density at radius 2 is 2.00 bits per heavy atom. The number of hydrogen-bond donors (Lipinski definition) is 1. The topological polar surface area (TPSA) is 38.9 Å². The monoisotopic (exact) mass is 248 g/mol. The van der Waals surface area contributed by atoms with Crippen LogP contribution in [-0.4, -0.2) is 4.98 Å². The maximum Gasteiger partial charge on any atom is 0.0702 e. The second kappa shape index (κ2) is 6.36. The number of hydrogen-bond acceptors (Lipinski definition) is 2. The molecule has 0 atom stereocenters. The zero-order valence-electron chi connectivity index (χ0n) is 10.7. The quantitative estimate of drug-likeness (QED) is 0.836. The van der Waals surface area contributed by atoms with Gasteiger partial charge in [-0.05, 0) is 41.6 Å². The van der Waals surface area contributed by atoms with Gasteiger partial charge in [0.05, 0.1) is 5.69 Å². The Morgan fingerprint density at radius 1 is 1.11 bits per heavy atom. The Bertz CT molecular complexity index is 610. The highest BCUT2D eigenvalue weighted by Crippen LogP contribution is 2.22. The van der Waals surface area contributed by atoms with Crippen LogP contribution < -0.4 is 5.73 Å². The van der Waals surface area contributed by atoms with Crippen molar-refractivity contribution in [3.05, 3.63) is 85.2 Å². The molecule has 0 aliphatic carbocycles. The predicted octanol–water partition coefficient (Wildman–Crippen LogP) is 3.79. The summed E-state index contributed by atoms with van der Waals surface area (Å²) < 4.78 is 0. The molecule has 2 heteroatoms. The van der Waals surface area contributed by atoms with Crippen LogP contribution >= 0.6 is 0 Å². The van der Waals surface area contributed by atoms with Gasteiger partial charge < -0.3 is 5.73 Å². The lowest BCUT2D eigenvalue weighted by Gasteiger charge is -2.04. The molecule has 0 unspecified atom stereocenters. The van der Waals surface area contributed by atoms with Crippen LogP contribution in [0.2, 0.25) is 0 Å². The first-order valence-electron chi connectivity index (χ1n) is 6.07. The van der Waals surface area contributed by atoms with Crippen LogP contribution in [0.4, 0.5) is 0 Å². The van der Waals surface area contributed by atoms with Crippen LogP contribution in [-0.2, 0) is 0 Å². The van der Waals surface area contributed by atoms with Crippen molar-refractivity contribution in [1.82, 2.24) is 4.98 Å². The van der Waals surface area contributed by atoms with Gasteiger partial charge in [-0.3, -0.25) is 4.98 Å². The summed E-state index contributed by atoms with van der Waals surface area (Å²) in [4.78, 5) is 4.35. The van der Waals surface area contributed by atoms with E-state index in [-0.39, 0.29) is 0 Å². The normalized spacial score (nSPS) is 11.2. The second-order valence-electron chi connectivity index (χ2n) is 4.07. The summed E-state index contributed by atoms with van der Waals surface area (Å²) in [5.74, 6) is 0. The van der Waals surface area contributed by atoms with E-state index in [0.29, 0.717) is 0 Å². The van der Waals surface area contributed by atoms with Gasteiger partial charge in [0.1, 0.15) is 0 Å². The van der Waals surface area contributed by atoms with E-state index < -0.39 is 0 Å². The van der Waals surface area contributed by atoms with Crippen LogP contribution in [0, 0.1) is 0 Å². The van der Waals surface area contributed by atoms with E-state index in [0.717, 1.165) is 22.4 Å².